The first-order chi connectivity index (χ1) is 12.2. The van der Waals surface area contributed by atoms with Crippen LogP contribution in [0.2, 0.25) is 10.0 Å². The van der Waals surface area contributed by atoms with E-state index >= 15 is 0 Å². The summed E-state index contributed by atoms with van der Waals surface area (Å²) < 4.78 is 10.7. The molecule has 0 heterocycles. The number of rotatable bonds is 5. The van der Waals surface area contributed by atoms with E-state index in [2.05, 4.69) is 5.32 Å². The van der Waals surface area contributed by atoms with Crippen LogP contribution in [0.1, 0.15) is 42.1 Å². The standard InChI is InChI=1S/C20H23Cl2NO3/c1-11(2)26-20(24)23-18(17-15(21)7-6-8-16(17)22)14-9-12(3)19(25-5)13(4)10-14/h6-11,18H,1-5H3,(H,23,24). The highest BCUT2D eigenvalue weighted by atomic mass is 35.5. The van der Waals surface area contributed by atoms with Crippen LogP contribution in [0.5, 0.6) is 5.75 Å². The minimum atomic E-state index is -0.550. The SMILES string of the molecule is COc1c(C)cc(C(NC(=O)OC(C)C)c2c(Cl)cccc2Cl)cc1C. The average molecular weight is 396 g/mol. The number of alkyl carbamates (subject to hydrolysis) is 1. The molecule has 140 valence electrons. The van der Waals surface area contributed by atoms with Crippen molar-refractivity contribution in [3.8, 4) is 5.75 Å². The van der Waals surface area contributed by atoms with Gasteiger partial charge < -0.3 is 14.8 Å². The number of benzene rings is 2. The van der Waals surface area contributed by atoms with Gasteiger partial charge in [0.2, 0.25) is 0 Å². The van der Waals surface area contributed by atoms with Crippen molar-refractivity contribution < 1.29 is 14.3 Å². The average Bonchev–Trinajstić information content (AvgIpc) is 2.52. The molecule has 1 unspecified atom stereocenters. The third-order valence-corrected chi connectivity index (χ3v) is 4.57. The molecule has 1 atom stereocenters. The molecule has 4 nitrogen and oxygen atoms in total. The van der Waals surface area contributed by atoms with Crippen LogP contribution in [0.15, 0.2) is 30.3 Å². The van der Waals surface area contributed by atoms with Crippen molar-refractivity contribution in [2.45, 2.75) is 39.8 Å². The number of aryl methyl sites for hydroxylation is 2. The first kappa shape index (κ1) is 20.4. The maximum absolute atomic E-state index is 12.3. The van der Waals surface area contributed by atoms with Gasteiger partial charge in [-0.05, 0) is 68.7 Å². The Balaban J connectivity index is 2.56. The van der Waals surface area contributed by atoms with Gasteiger partial charge >= 0.3 is 6.09 Å². The zero-order valence-electron chi connectivity index (χ0n) is 15.5. The van der Waals surface area contributed by atoms with Crippen LogP contribution < -0.4 is 10.1 Å². The highest BCUT2D eigenvalue weighted by molar-refractivity contribution is 6.36. The molecule has 0 aliphatic carbocycles. The molecule has 0 aliphatic heterocycles. The first-order valence-corrected chi connectivity index (χ1v) is 9.06. The predicted octanol–water partition coefficient (Wildman–Crippen LogP) is 5.84. The summed E-state index contributed by atoms with van der Waals surface area (Å²) in [6, 6.07) is 8.61. The third-order valence-electron chi connectivity index (χ3n) is 3.91. The number of amides is 1. The van der Waals surface area contributed by atoms with Crippen LogP contribution in [0.4, 0.5) is 4.79 Å². The van der Waals surface area contributed by atoms with Crippen LogP contribution in [-0.2, 0) is 4.74 Å². The smallest absolute Gasteiger partial charge is 0.408 e. The van der Waals surface area contributed by atoms with Gasteiger partial charge in [0.15, 0.2) is 0 Å². The minimum Gasteiger partial charge on any atom is -0.496 e. The Morgan fingerprint density at radius 2 is 1.62 bits per heavy atom. The molecule has 2 aromatic carbocycles. The molecule has 26 heavy (non-hydrogen) atoms. The summed E-state index contributed by atoms with van der Waals surface area (Å²) in [6.45, 7) is 7.48. The molecule has 0 saturated carbocycles. The molecule has 0 saturated heterocycles. The Bertz CT molecular complexity index is 762. The van der Waals surface area contributed by atoms with E-state index in [1.165, 1.54) is 0 Å². The summed E-state index contributed by atoms with van der Waals surface area (Å²) in [5, 5.41) is 3.83. The summed E-state index contributed by atoms with van der Waals surface area (Å²) in [5.41, 5.74) is 3.38. The van der Waals surface area contributed by atoms with Gasteiger partial charge in [-0.3, -0.25) is 0 Å². The van der Waals surface area contributed by atoms with E-state index in [0.29, 0.717) is 15.6 Å². The lowest BCUT2D eigenvalue weighted by molar-refractivity contribution is 0.113. The Morgan fingerprint density at radius 1 is 1.08 bits per heavy atom. The quantitative estimate of drug-likeness (QED) is 0.690. The summed E-state index contributed by atoms with van der Waals surface area (Å²) in [6.07, 6.45) is -0.774. The number of halogens is 2. The molecule has 0 radical (unpaired) electrons. The number of ether oxygens (including phenoxy) is 2. The normalized spacial score (nSPS) is 12.0. The molecule has 2 rings (SSSR count). The van der Waals surface area contributed by atoms with Crippen molar-refractivity contribution in [2.24, 2.45) is 0 Å². The lowest BCUT2D eigenvalue weighted by Crippen LogP contribution is -2.32. The number of carbonyl (C=O) groups excluding carboxylic acids is 1. The third kappa shape index (κ3) is 4.63. The fourth-order valence-corrected chi connectivity index (χ4v) is 3.56. The van der Waals surface area contributed by atoms with E-state index in [1.807, 2.05) is 26.0 Å². The molecule has 1 amide bonds. The van der Waals surface area contributed by atoms with Gasteiger partial charge in [0, 0.05) is 15.6 Å². The molecular weight excluding hydrogens is 373 g/mol. The van der Waals surface area contributed by atoms with Gasteiger partial charge in [-0.15, -0.1) is 0 Å². The maximum atomic E-state index is 12.3. The Morgan fingerprint density at radius 3 is 2.08 bits per heavy atom. The Labute approximate surface area is 164 Å². The predicted molar refractivity (Wildman–Crippen MR) is 106 cm³/mol. The molecule has 0 spiro atoms. The fourth-order valence-electron chi connectivity index (χ4n) is 2.95. The highest BCUT2D eigenvalue weighted by Crippen LogP contribution is 2.36. The van der Waals surface area contributed by atoms with Crippen molar-refractivity contribution in [1.82, 2.24) is 5.32 Å². The van der Waals surface area contributed by atoms with Crippen LogP contribution >= 0.6 is 23.2 Å². The molecule has 1 N–H and O–H groups in total. The summed E-state index contributed by atoms with van der Waals surface area (Å²) in [5.74, 6) is 0.808. The highest BCUT2D eigenvalue weighted by Gasteiger charge is 2.24. The van der Waals surface area contributed by atoms with Gasteiger partial charge in [0.25, 0.3) is 0 Å². The number of methoxy groups -OCH3 is 1. The molecule has 0 bridgehead atoms. The number of nitrogens with one attached hydrogen (secondary N) is 1. The van der Waals surface area contributed by atoms with Crippen LogP contribution in [0.25, 0.3) is 0 Å². The summed E-state index contributed by atoms with van der Waals surface area (Å²) in [4.78, 5) is 12.3. The lowest BCUT2D eigenvalue weighted by Gasteiger charge is -2.24. The van der Waals surface area contributed by atoms with E-state index in [0.717, 1.165) is 22.4 Å². The number of carbonyl (C=O) groups is 1. The minimum absolute atomic E-state index is 0.239. The number of hydrogen-bond acceptors (Lipinski definition) is 3. The second kappa shape index (κ2) is 8.65. The zero-order chi connectivity index (χ0) is 19.4. The Hall–Kier alpha value is -1.91. The second-order valence-electron chi connectivity index (χ2n) is 6.35. The van der Waals surface area contributed by atoms with E-state index in [1.54, 1.807) is 39.2 Å². The van der Waals surface area contributed by atoms with E-state index in [9.17, 15) is 4.79 Å². The van der Waals surface area contributed by atoms with E-state index in [-0.39, 0.29) is 6.10 Å². The Kier molecular flexibility index (Phi) is 6.79. The second-order valence-corrected chi connectivity index (χ2v) is 7.17. The van der Waals surface area contributed by atoms with Gasteiger partial charge in [0.1, 0.15) is 5.75 Å². The summed E-state index contributed by atoms with van der Waals surface area (Å²) in [7, 11) is 1.63. The van der Waals surface area contributed by atoms with E-state index in [4.69, 9.17) is 32.7 Å². The number of hydrogen-bond donors (Lipinski definition) is 1. The molecule has 2 aromatic rings. The van der Waals surface area contributed by atoms with Crippen LogP contribution in [0.3, 0.4) is 0 Å². The van der Waals surface area contributed by atoms with Crippen molar-refractivity contribution in [1.29, 1.82) is 0 Å². The fraction of sp³-hybridized carbons (Fsp3) is 0.350. The zero-order valence-corrected chi connectivity index (χ0v) is 17.0. The van der Waals surface area contributed by atoms with Crippen molar-refractivity contribution in [3.05, 3.63) is 62.6 Å². The van der Waals surface area contributed by atoms with Crippen molar-refractivity contribution in [2.75, 3.05) is 7.11 Å². The van der Waals surface area contributed by atoms with Gasteiger partial charge in [0.05, 0.1) is 19.3 Å². The van der Waals surface area contributed by atoms with E-state index < -0.39 is 12.1 Å². The van der Waals surface area contributed by atoms with Crippen molar-refractivity contribution in [3.63, 3.8) is 0 Å². The molecule has 0 aromatic heterocycles. The van der Waals surface area contributed by atoms with Gasteiger partial charge in [-0.25, -0.2) is 4.79 Å². The molecule has 6 heteroatoms. The topological polar surface area (TPSA) is 47.6 Å². The maximum Gasteiger partial charge on any atom is 0.408 e. The van der Waals surface area contributed by atoms with Crippen LogP contribution in [0, 0.1) is 13.8 Å². The van der Waals surface area contributed by atoms with Gasteiger partial charge in [-0.1, -0.05) is 29.3 Å². The lowest BCUT2D eigenvalue weighted by atomic mass is 9.95. The summed E-state index contributed by atoms with van der Waals surface area (Å²) >= 11 is 12.8. The van der Waals surface area contributed by atoms with Crippen LogP contribution in [-0.4, -0.2) is 19.3 Å². The molecule has 0 fully saturated rings. The van der Waals surface area contributed by atoms with Crippen molar-refractivity contribution >= 4 is 29.3 Å². The molecular formula is C20H23Cl2NO3. The largest absolute Gasteiger partial charge is 0.496 e. The van der Waals surface area contributed by atoms with Gasteiger partial charge in [-0.2, -0.15) is 0 Å². The molecule has 0 aliphatic rings. The first-order valence-electron chi connectivity index (χ1n) is 8.30. The monoisotopic (exact) mass is 395 g/mol.